The molecule has 0 bridgehead atoms. The van der Waals surface area contributed by atoms with Gasteiger partial charge in [-0.3, -0.25) is 0 Å². The quantitative estimate of drug-likeness (QED) is 0.859. The van der Waals surface area contributed by atoms with Crippen molar-refractivity contribution in [1.29, 1.82) is 0 Å². The van der Waals surface area contributed by atoms with Crippen molar-refractivity contribution >= 4 is 0 Å². The van der Waals surface area contributed by atoms with E-state index >= 15 is 0 Å². The molecule has 1 aromatic rings. The van der Waals surface area contributed by atoms with Gasteiger partial charge in [0.2, 0.25) is 0 Å². The maximum atomic E-state index is 9.32. The Bertz CT molecular complexity index is 400. The molecule has 2 heterocycles. The molecule has 5 heteroatoms. The first-order valence-corrected chi connectivity index (χ1v) is 6.51. The molecule has 2 aliphatic rings. The molecule has 17 heavy (non-hydrogen) atoms. The van der Waals surface area contributed by atoms with Crippen LogP contribution in [0.2, 0.25) is 0 Å². The van der Waals surface area contributed by atoms with Crippen LogP contribution in [0.25, 0.3) is 0 Å². The zero-order valence-electron chi connectivity index (χ0n) is 10.2. The zero-order valence-corrected chi connectivity index (χ0v) is 10.2. The van der Waals surface area contributed by atoms with Crippen molar-refractivity contribution in [2.24, 2.45) is 0 Å². The molecule has 3 rings (SSSR count). The van der Waals surface area contributed by atoms with Crippen molar-refractivity contribution in [3.8, 4) is 0 Å². The molecule has 0 radical (unpaired) electrons. The van der Waals surface area contributed by atoms with Gasteiger partial charge in [0.1, 0.15) is 12.4 Å². The zero-order chi connectivity index (χ0) is 11.8. The summed E-state index contributed by atoms with van der Waals surface area (Å²) in [6.45, 7) is 2.94. The molecule has 0 spiro atoms. The lowest BCUT2D eigenvalue weighted by Crippen LogP contribution is -2.18. The lowest BCUT2D eigenvalue weighted by atomic mass is 9.98. The van der Waals surface area contributed by atoms with Crippen molar-refractivity contribution in [3.05, 3.63) is 11.6 Å². The van der Waals surface area contributed by atoms with E-state index in [4.69, 9.17) is 4.74 Å². The van der Waals surface area contributed by atoms with Crippen LogP contribution in [0.5, 0.6) is 0 Å². The Morgan fingerprint density at radius 3 is 2.82 bits per heavy atom. The summed E-state index contributed by atoms with van der Waals surface area (Å²) < 4.78 is 7.88. The lowest BCUT2D eigenvalue weighted by Gasteiger charge is -2.17. The SMILES string of the molecule is CCC1OCCC1c1nnc(CO)n1C1CC1. The van der Waals surface area contributed by atoms with E-state index in [1.54, 1.807) is 0 Å². The Morgan fingerprint density at radius 2 is 2.18 bits per heavy atom. The highest BCUT2D eigenvalue weighted by Gasteiger charge is 2.37. The second-order valence-electron chi connectivity index (χ2n) is 4.95. The Hall–Kier alpha value is -0.940. The summed E-state index contributed by atoms with van der Waals surface area (Å²) in [7, 11) is 0. The summed E-state index contributed by atoms with van der Waals surface area (Å²) in [4.78, 5) is 0. The highest BCUT2D eigenvalue weighted by Crippen LogP contribution is 2.41. The monoisotopic (exact) mass is 237 g/mol. The molecule has 1 aliphatic carbocycles. The Labute approximate surface area is 101 Å². The molecule has 0 aromatic carbocycles. The molecule has 1 saturated carbocycles. The van der Waals surface area contributed by atoms with E-state index in [-0.39, 0.29) is 12.7 Å². The topological polar surface area (TPSA) is 60.2 Å². The van der Waals surface area contributed by atoms with Crippen LogP contribution in [-0.4, -0.2) is 32.6 Å². The number of aliphatic hydroxyl groups is 1. The summed E-state index contributed by atoms with van der Waals surface area (Å²) in [6, 6.07) is 0.514. The molecule has 2 unspecified atom stereocenters. The van der Waals surface area contributed by atoms with Crippen LogP contribution in [0.15, 0.2) is 0 Å². The van der Waals surface area contributed by atoms with Crippen molar-refractivity contribution in [2.45, 2.75) is 57.3 Å². The van der Waals surface area contributed by atoms with Gasteiger partial charge in [0.15, 0.2) is 5.82 Å². The van der Waals surface area contributed by atoms with E-state index < -0.39 is 0 Å². The summed E-state index contributed by atoms with van der Waals surface area (Å²) in [6.07, 6.45) is 4.67. The third kappa shape index (κ3) is 1.87. The van der Waals surface area contributed by atoms with E-state index in [0.29, 0.717) is 17.8 Å². The number of hydrogen-bond donors (Lipinski definition) is 1. The van der Waals surface area contributed by atoms with Crippen LogP contribution in [0.3, 0.4) is 0 Å². The minimum absolute atomic E-state index is 0.0200. The molecule has 2 fully saturated rings. The number of hydrogen-bond acceptors (Lipinski definition) is 4. The van der Waals surface area contributed by atoms with Gasteiger partial charge in [0, 0.05) is 18.6 Å². The van der Waals surface area contributed by atoms with Gasteiger partial charge in [0.25, 0.3) is 0 Å². The average molecular weight is 237 g/mol. The fourth-order valence-electron chi connectivity index (χ4n) is 2.77. The number of nitrogens with zero attached hydrogens (tertiary/aromatic N) is 3. The van der Waals surface area contributed by atoms with Crippen LogP contribution in [0, 0.1) is 0 Å². The highest BCUT2D eigenvalue weighted by atomic mass is 16.5. The van der Waals surface area contributed by atoms with Crippen molar-refractivity contribution in [1.82, 2.24) is 14.8 Å². The van der Waals surface area contributed by atoms with Crippen LogP contribution in [0.1, 0.15) is 56.2 Å². The third-order valence-electron chi connectivity index (χ3n) is 3.79. The first-order chi connectivity index (χ1) is 8.35. The van der Waals surface area contributed by atoms with Gasteiger partial charge in [-0.2, -0.15) is 0 Å². The predicted octanol–water partition coefficient (Wildman–Crippen LogP) is 1.39. The molecule has 1 aromatic heterocycles. The van der Waals surface area contributed by atoms with Crippen LogP contribution < -0.4 is 0 Å². The molecule has 1 saturated heterocycles. The molecule has 94 valence electrons. The average Bonchev–Trinajstić information content (AvgIpc) is 2.94. The third-order valence-corrected chi connectivity index (χ3v) is 3.79. The summed E-state index contributed by atoms with van der Waals surface area (Å²) >= 11 is 0. The van der Waals surface area contributed by atoms with Crippen LogP contribution in [0.4, 0.5) is 0 Å². The van der Waals surface area contributed by atoms with E-state index in [2.05, 4.69) is 21.7 Å². The van der Waals surface area contributed by atoms with E-state index in [1.165, 1.54) is 12.8 Å². The first-order valence-electron chi connectivity index (χ1n) is 6.51. The molecule has 0 amide bonds. The van der Waals surface area contributed by atoms with Crippen molar-refractivity contribution in [3.63, 3.8) is 0 Å². The van der Waals surface area contributed by atoms with Crippen LogP contribution in [-0.2, 0) is 11.3 Å². The van der Waals surface area contributed by atoms with Gasteiger partial charge < -0.3 is 14.4 Å². The Morgan fingerprint density at radius 1 is 1.35 bits per heavy atom. The van der Waals surface area contributed by atoms with Gasteiger partial charge >= 0.3 is 0 Å². The minimum Gasteiger partial charge on any atom is -0.388 e. The maximum absolute atomic E-state index is 9.32. The summed E-state index contributed by atoms with van der Waals surface area (Å²) in [5, 5.41) is 17.7. The first kappa shape index (κ1) is 11.2. The van der Waals surface area contributed by atoms with Gasteiger partial charge in [-0.25, -0.2) is 0 Å². The summed E-state index contributed by atoms with van der Waals surface area (Å²) in [5.41, 5.74) is 0. The fourth-order valence-corrected chi connectivity index (χ4v) is 2.77. The van der Waals surface area contributed by atoms with E-state index in [9.17, 15) is 5.11 Å². The summed E-state index contributed by atoms with van der Waals surface area (Å²) in [5.74, 6) is 2.10. The van der Waals surface area contributed by atoms with Gasteiger partial charge in [-0.05, 0) is 25.7 Å². The van der Waals surface area contributed by atoms with Crippen molar-refractivity contribution in [2.75, 3.05) is 6.61 Å². The Kier molecular flexibility index (Phi) is 2.88. The molecule has 1 aliphatic heterocycles. The van der Waals surface area contributed by atoms with Crippen LogP contribution >= 0.6 is 0 Å². The molecule has 5 nitrogen and oxygen atoms in total. The van der Waals surface area contributed by atoms with Crippen molar-refractivity contribution < 1.29 is 9.84 Å². The molecular formula is C12H19N3O2. The number of aliphatic hydroxyl groups excluding tert-OH is 1. The second-order valence-corrected chi connectivity index (χ2v) is 4.95. The minimum atomic E-state index is -0.0200. The van der Waals surface area contributed by atoms with Gasteiger partial charge in [0.05, 0.1) is 6.10 Å². The predicted molar refractivity (Wildman–Crippen MR) is 61.6 cm³/mol. The number of aromatic nitrogens is 3. The Balaban J connectivity index is 1.93. The fraction of sp³-hybridized carbons (Fsp3) is 0.833. The molecule has 1 N–H and O–H groups in total. The van der Waals surface area contributed by atoms with E-state index in [0.717, 1.165) is 25.3 Å². The maximum Gasteiger partial charge on any atom is 0.159 e. The van der Waals surface area contributed by atoms with Gasteiger partial charge in [-0.15, -0.1) is 10.2 Å². The van der Waals surface area contributed by atoms with Gasteiger partial charge in [-0.1, -0.05) is 6.92 Å². The standard InChI is InChI=1S/C12H19N3O2/c1-2-10-9(5-6-17-10)12-14-13-11(7-16)15(12)8-3-4-8/h8-10,16H,2-7H2,1H3. The van der Waals surface area contributed by atoms with E-state index in [1.807, 2.05) is 0 Å². The second kappa shape index (κ2) is 4.38. The number of rotatable bonds is 4. The normalized spacial score (nSPS) is 28.8. The highest BCUT2D eigenvalue weighted by molar-refractivity contribution is 5.10. The number of ether oxygens (including phenoxy) is 1. The molecule has 2 atom stereocenters. The smallest absolute Gasteiger partial charge is 0.159 e. The molecular weight excluding hydrogens is 218 g/mol. The lowest BCUT2D eigenvalue weighted by molar-refractivity contribution is 0.0987. The largest absolute Gasteiger partial charge is 0.388 e.